The van der Waals surface area contributed by atoms with E-state index in [1.54, 1.807) is 0 Å². The first kappa shape index (κ1) is 10.4. The summed E-state index contributed by atoms with van der Waals surface area (Å²) in [6.07, 6.45) is -0.0552. The standard InChI is InChI=1S/C10H11ClO5/c11-2-7(12)15-6-1-5-4-3-14-10(13)8(4)9(6)16-5/h4-6,8-9H,1-3H2/t4?,5?,6?,8?,9-/m1/s1. The van der Waals surface area contributed by atoms with Gasteiger partial charge in [0.25, 0.3) is 0 Å². The van der Waals surface area contributed by atoms with E-state index in [-0.39, 0.29) is 42.0 Å². The zero-order chi connectivity index (χ0) is 11.3. The molecule has 3 fully saturated rings. The second-order valence-corrected chi connectivity index (χ2v) is 4.62. The van der Waals surface area contributed by atoms with Crippen LogP contribution in [0.2, 0.25) is 0 Å². The van der Waals surface area contributed by atoms with Gasteiger partial charge in [0.05, 0.1) is 18.6 Å². The minimum absolute atomic E-state index is 0.0189. The van der Waals surface area contributed by atoms with Crippen molar-refractivity contribution in [2.24, 2.45) is 11.8 Å². The van der Waals surface area contributed by atoms with Crippen molar-refractivity contribution in [3.05, 3.63) is 0 Å². The van der Waals surface area contributed by atoms with Crippen molar-refractivity contribution in [1.29, 1.82) is 0 Å². The Morgan fingerprint density at radius 2 is 2.38 bits per heavy atom. The summed E-state index contributed by atoms with van der Waals surface area (Å²) < 4.78 is 15.8. The molecule has 88 valence electrons. The minimum atomic E-state index is -0.467. The molecule has 0 aromatic carbocycles. The van der Waals surface area contributed by atoms with Crippen molar-refractivity contribution in [3.63, 3.8) is 0 Å². The number of carbonyl (C=O) groups excluding carboxylic acids is 2. The van der Waals surface area contributed by atoms with E-state index in [2.05, 4.69) is 0 Å². The van der Waals surface area contributed by atoms with Gasteiger partial charge in [0, 0.05) is 12.3 Å². The Labute approximate surface area is 97.0 Å². The van der Waals surface area contributed by atoms with Crippen LogP contribution in [-0.4, -0.2) is 42.7 Å². The van der Waals surface area contributed by atoms with Crippen LogP contribution >= 0.6 is 11.6 Å². The molecule has 0 spiro atoms. The van der Waals surface area contributed by atoms with Crippen LogP contribution in [0.4, 0.5) is 0 Å². The molecule has 0 aromatic heterocycles. The predicted octanol–water partition coefficient (Wildman–Crippen LogP) is 0.0973. The molecule has 3 aliphatic rings. The monoisotopic (exact) mass is 246 g/mol. The third-order valence-corrected chi connectivity index (χ3v) is 3.76. The zero-order valence-electron chi connectivity index (χ0n) is 8.43. The lowest BCUT2D eigenvalue weighted by Crippen LogP contribution is -2.40. The number of hydrogen-bond donors (Lipinski definition) is 0. The molecule has 5 atom stereocenters. The van der Waals surface area contributed by atoms with Gasteiger partial charge >= 0.3 is 11.9 Å². The van der Waals surface area contributed by atoms with E-state index >= 15 is 0 Å². The van der Waals surface area contributed by atoms with Gasteiger partial charge in [-0.05, 0) is 0 Å². The Morgan fingerprint density at radius 1 is 1.56 bits per heavy atom. The molecule has 3 heterocycles. The van der Waals surface area contributed by atoms with Gasteiger partial charge in [0.1, 0.15) is 18.1 Å². The molecular formula is C10H11ClO5. The summed E-state index contributed by atoms with van der Waals surface area (Å²) in [6.45, 7) is 0.431. The highest BCUT2D eigenvalue weighted by molar-refractivity contribution is 6.26. The number of rotatable bonds is 2. The number of esters is 2. The average molecular weight is 247 g/mol. The van der Waals surface area contributed by atoms with Gasteiger partial charge in [0.15, 0.2) is 0 Å². The van der Waals surface area contributed by atoms with Crippen LogP contribution in [0.1, 0.15) is 6.42 Å². The quantitative estimate of drug-likeness (QED) is 0.511. The predicted molar refractivity (Wildman–Crippen MR) is 51.8 cm³/mol. The Kier molecular flexibility index (Phi) is 2.33. The average Bonchev–Trinajstić information content (AvgIpc) is 2.91. The third kappa shape index (κ3) is 1.34. The first-order valence-electron chi connectivity index (χ1n) is 5.28. The van der Waals surface area contributed by atoms with E-state index in [0.717, 1.165) is 0 Å². The lowest BCUT2D eigenvalue weighted by atomic mass is 9.80. The van der Waals surface area contributed by atoms with Crippen LogP contribution in [0.5, 0.6) is 0 Å². The molecular weight excluding hydrogens is 236 g/mol. The highest BCUT2D eigenvalue weighted by Gasteiger charge is 2.61. The fraction of sp³-hybridized carbons (Fsp3) is 0.800. The number of carbonyl (C=O) groups is 2. The maximum absolute atomic E-state index is 11.5. The first-order valence-corrected chi connectivity index (χ1v) is 5.81. The number of hydrogen-bond acceptors (Lipinski definition) is 5. The number of halogens is 1. The lowest BCUT2D eigenvalue weighted by Gasteiger charge is -2.24. The topological polar surface area (TPSA) is 61.8 Å². The Bertz CT molecular complexity index is 344. The Balaban J connectivity index is 1.73. The van der Waals surface area contributed by atoms with Crippen LogP contribution in [-0.2, 0) is 23.8 Å². The van der Waals surface area contributed by atoms with E-state index < -0.39 is 5.97 Å². The van der Waals surface area contributed by atoms with Gasteiger partial charge in [-0.3, -0.25) is 9.59 Å². The van der Waals surface area contributed by atoms with Gasteiger partial charge in [-0.2, -0.15) is 0 Å². The third-order valence-electron chi connectivity index (χ3n) is 3.54. The summed E-state index contributed by atoms with van der Waals surface area (Å²) >= 11 is 5.37. The van der Waals surface area contributed by atoms with Crippen molar-refractivity contribution < 1.29 is 23.8 Å². The normalized spacial score (nSPS) is 44.3. The van der Waals surface area contributed by atoms with Crippen LogP contribution in [0.25, 0.3) is 0 Å². The van der Waals surface area contributed by atoms with Crippen LogP contribution in [0.3, 0.4) is 0 Å². The summed E-state index contributed by atoms with van der Waals surface area (Å²) in [5, 5.41) is 0. The maximum atomic E-state index is 11.5. The van der Waals surface area contributed by atoms with Crippen molar-refractivity contribution >= 4 is 23.5 Å². The number of alkyl halides is 1. The van der Waals surface area contributed by atoms with Crippen molar-refractivity contribution in [1.82, 2.24) is 0 Å². The Morgan fingerprint density at radius 3 is 3.12 bits per heavy atom. The molecule has 0 aromatic rings. The largest absolute Gasteiger partial charge is 0.465 e. The van der Waals surface area contributed by atoms with Crippen LogP contribution in [0.15, 0.2) is 0 Å². The van der Waals surface area contributed by atoms with Gasteiger partial charge in [-0.25, -0.2) is 0 Å². The SMILES string of the molecule is O=C(CCl)OC1CC2O[C@H]1C1C(=O)OCC21. The second kappa shape index (κ2) is 3.60. The van der Waals surface area contributed by atoms with E-state index in [4.69, 9.17) is 25.8 Å². The molecule has 3 aliphatic heterocycles. The van der Waals surface area contributed by atoms with Gasteiger partial charge in [0.2, 0.25) is 0 Å². The van der Waals surface area contributed by atoms with E-state index in [1.165, 1.54) is 0 Å². The zero-order valence-corrected chi connectivity index (χ0v) is 9.18. The molecule has 0 aliphatic carbocycles. The molecule has 16 heavy (non-hydrogen) atoms. The van der Waals surface area contributed by atoms with Crippen LogP contribution < -0.4 is 0 Å². The second-order valence-electron chi connectivity index (χ2n) is 4.36. The Hall–Kier alpha value is -0.810. The smallest absolute Gasteiger partial charge is 0.321 e. The molecule has 4 unspecified atom stereocenters. The minimum Gasteiger partial charge on any atom is -0.465 e. The highest BCUT2D eigenvalue weighted by atomic mass is 35.5. The molecule has 0 amide bonds. The van der Waals surface area contributed by atoms with Gasteiger partial charge < -0.3 is 14.2 Å². The number of cyclic esters (lactones) is 1. The molecule has 6 heteroatoms. The van der Waals surface area contributed by atoms with E-state index in [0.29, 0.717) is 13.0 Å². The van der Waals surface area contributed by atoms with E-state index in [1.807, 2.05) is 0 Å². The summed E-state index contributed by atoms with van der Waals surface area (Å²) in [5.74, 6) is -0.989. The summed E-state index contributed by atoms with van der Waals surface area (Å²) in [5.41, 5.74) is 0. The molecule has 2 bridgehead atoms. The lowest BCUT2D eigenvalue weighted by molar-refractivity contribution is -0.154. The van der Waals surface area contributed by atoms with Crippen molar-refractivity contribution in [2.45, 2.75) is 24.7 Å². The molecule has 0 N–H and O–H groups in total. The molecule has 0 radical (unpaired) electrons. The van der Waals surface area contributed by atoms with Crippen molar-refractivity contribution in [2.75, 3.05) is 12.5 Å². The molecule has 3 rings (SSSR count). The van der Waals surface area contributed by atoms with E-state index in [9.17, 15) is 9.59 Å². The number of fused-ring (bicyclic) bond motifs is 5. The molecule has 0 saturated carbocycles. The van der Waals surface area contributed by atoms with Crippen LogP contribution in [0, 0.1) is 11.8 Å². The summed E-state index contributed by atoms with van der Waals surface area (Å²) in [6, 6.07) is 0. The number of ether oxygens (including phenoxy) is 3. The molecule has 5 nitrogen and oxygen atoms in total. The highest BCUT2D eigenvalue weighted by Crippen LogP contribution is 2.48. The summed E-state index contributed by atoms with van der Waals surface area (Å²) in [4.78, 5) is 22.6. The first-order chi connectivity index (χ1) is 7.70. The van der Waals surface area contributed by atoms with Gasteiger partial charge in [-0.1, -0.05) is 0 Å². The maximum Gasteiger partial charge on any atom is 0.321 e. The fourth-order valence-corrected chi connectivity index (χ4v) is 2.95. The van der Waals surface area contributed by atoms with Gasteiger partial charge in [-0.15, -0.1) is 11.6 Å². The fourth-order valence-electron chi connectivity index (χ4n) is 2.88. The molecule has 3 saturated heterocycles. The van der Waals surface area contributed by atoms with Crippen molar-refractivity contribution in [3.8, 4) is 0 Å². The summed E-state index contributed by atoms with van der Waals surface area (Å²) in [7, 11) is 0.